The molecule has 0 aliphatic carbocycles. The minimum Gasteiger partial charge on any atom is -0.466 e. The molecule has 336 valence electrons. The van der Waals surface area contributed by atoms with Gasteiger partial charge in [-0.15, -0.1) is 0 Å². The standard InChI is InChI=1S/C37H64N2O19/c1-45-37(44)32-58-36(43)5-8-46-10-12-48-14-16-50-18-20-52-22-24-54-26-28-56-30-31-57-29-27-55-25-23-53-21-19-51-17-15-49-13-11-47-9-6-38-33(40)4-7-39-34(41)2-3-35(39)42/h2-3H,4-32H2,1H3,(H,38,40). The number of rotatable bonds is 44. The fraction of sp³-hybridized carbons (Fsp3) is 0.811. The van der Waals surface area contributed by atoms with E-state index >= 15 is 0 Å². The van der Waals surface area contributed by atoms with Gasteiger partial charge in [-0.05, 0) is 0 Å². The third kappa shape index (κ3) is 34.8. The largest absolute Gasteiger partial charge is 0.466 e. The first-order chi connectivity index (χ1) is 28.4. The number of amides is 3. The van der Waals surface area contributed by atoms with Crippen molar-refractivity contribution in [2.24, 2.45) is 0 Å². The Kier molecular flexibility index (Phi) is 37.0. The molecule has 0 unspecified atom stereocenters. The summed E-state index contributed by atoms with van der Waals surface area (Å²) in [6.07, 6.45) is 2.46. The van der Waals surface area contributed by atoms with E-state index in [2.05, 4.69) is 10.1 Å². The highest BCUT2D eigenvalue weighted by Gasteiger charge is 2.23. The van der Waals surface area contributed by atoms with E-state index in [1.165, 1.54) is 19.3 Å². The molecule has 1 N–H and O–H groups in total. The lowest BCUT2D eigenvalue weighted by Crippen LogP contribution is -2.35. The molecule has 21 heteroatoms. The van der Waals surface area contributed by atoms with Gasteiger partial charge in [0.15, 0.2) is 6.61 Å². The molecule has 0 aromatic carbocycles. The molecule has 1 heterocycles. The van der Waals surface area contributed by atoms with Crippen molar-refractivity contribution >= 4 is 29.7 Å². The summed E-state index contributed by atoms with van der Waals surface area (Å²) in [7, 11) is 1.22. The first-order valence-corrected chi connectivity index (χ1v) is 19.4. The van der Waals surface area contributed by atoms with Crippen LogP contribution in [0.2, 0.25) is 0 Å². The SMILES string of the molecule is COC(=O)COC(=O)CCOCCOCCOCCOCCOCCOCCOCCOCCOCCOCCOCCOCCNC(=O)CCN1C(=O)C=CC1=O. The number of nitrogens with one attached hydrogen (secondary N) is 1. The highest BCUT2D eigenvalue weighted by molar-refractivity contribution is 6.13. The Labute approximate surface area is 340 Å². The molecule has 3 amide bonds. The van der Waals surface area contributed by atoms with Gasteiger partial charge < -0.3 is 71.6 Å². The lowest BCUT2D eigenvalue weighted by atomic mass is 10.3. The van der Waals surface area contributed by atoms with Crippen LogP contribution in [0.1, 0.15) is 12.8 Å². The van der Waals surface area contributed by atoms with Crippen LogP contribution in [0.25, 0.3) is 0 Å². The molecule has 58 heavy (non-hydrogen) atoms. The number of ether oxygens (including phenoxy) is 14. The summed E-state index contributed by atoms with van der Waals surface area (Å²) in [4.78, 5) is 58.0. The molecule has 0 bridgehead atoms. The third-order valence-corrected chi connectivity index (χ3v) is 7.15. The molecule has 1 aliphatic heterocycles. The van der Waals surface area contributed by atoms with Crippen LogP contribution in [0, 0.1) is 0 Å². The number of esters is 2. The van der Waals surface area contributed by atoms with E-state index in [1.54, 1.807) is 0 Å². The van der Waals surface area contributed by atoms with Gasteiger partial charge >= 0.3 is 11.9 Å². The smallest absolute Gasteiger partial charge is 0.344 e. The van der Waals surface area contributed by atoms with Crippen molar-refractivity contribution in [1.82, 2.24) is 10.2 Å². The monoisotopic (exact) mass is 840 g/mol. The van der Waals surface area contributed by atoms with Crippen molar-refractivity contribution in [1.29, 1.82) is 0 Å². The number of methoxy groups -OCH3 is 1. The van der Waals surface area contributed by atoms with Crippen molar-refractivity contribution in [3.05, 3.63) is 12.2 Å². The maximum Gasteiger partial charge on any atom is 0.344 e. The number of imide groups is 1. The first-order valence-electron chi connectivity index (χ1n) is 19.4. The summed E-state index contributed by atoms with van der Waals surface area (Å²) in [5.74, 6) is -2.22. The molecule has 0 aromatic rings. The molecule has 0 spiro atoms. The lowest BCUT2D eigenvalue weighted by molar-refractivity contribution is -0.157. The molecule has 0 radical (unpaired) electrons. The zero-order chi connectivity index (χ0) is 42.0. The number of carbonyl (C=O) groups excluding carboxylic acids is 5. The van der Waals surface area contributed by atoms with Crippen LogP contribution in [-0.2, 0) is 90.3 Å². The summed E-state index contributed by atoms with van der Waals surface area (Å²) in [5.41, 5.74) is 0. The van der Waals surface area contributed by atoms with Crippen molar-refractivity contribution in [3.63, 3.8) is 0 Å². The second-order valence-electron chi connectivity index (χ2n) is 11.6. The van der Waals surface area contributed by atoms with E-state index in [-0.39, 0.29) is 31.9 Å². The first kappa shape index (κ1) is 52.8. The van der Waals surface area contributed by atoms with Gasteiger partial charge in [-0.3, -0.25) is 24.1 Å². The van der Waals surface area contributed by atoms with Gasteiger partial charge in [0, 0.05) is 31.7 Å². The maximum absolute atomic E-state index is 11.8. The van der Waals surface area contributed by atoms with Crippen LogP contribution in [0.5, 0.6) is 0 Å². The molecule has 0 fully saturated rings. The Hall–Kier alpha value is -3.19. The van der Waals surface area contributed by atoms with E-state index in [0.717, 1.165) is 4.90 Å². The van der Waals surface area contributed by atoms with Gasteiger partial charge in [0.05, 0.1) is 172 Å². The molecule has 0 aromatic heterocycles. The van der Waals surface area contributed by atoms with Gasteiger partial charge in [-0.25, -0.2) is 4.79 Å². The second-order valence-corrected chi connectivity index (χ2v) is 11.6. The van der Waals surface area contributed by atoms with Crippen LogP contribution in [-0.4, -0.2) is 220 Å². The average Bonchev–Trinajstić information content (AvgIpc) is 3.55. The number of hydrogen-bond acceptors (Lipinski definition) is 19. The molecule has 0 saturated carbocycles. The van der Waals surface area contributed by atoms with E-state index in [9.17, 15) is 24.0 Å². The number of hydrogen-bond donors (Lipinski definition) is 1. The van der Waals surface area contributed by atoms with E-state index < -0.39 is 30.4 Å². The van der Waals surface area contributed by atoms with Gasteiger partial charge in [-0.2, -0.15) is 0 Å². The van der Waals surface area contributed by atoms with Gasteiger partial charge in [0.1, 0.15) is 0 Å². The van der Waals surface area contributed by atoms with Crippen molar-refractivity contribution in [2.75, 3.05) is 185 Å². The molecular weight excluding hydrogens is 776 g/mol. The molecular formula is C37H64N2O19. The Balaban J connectivity index is 1.64. The highest BCUT2D eigenvalue weighted by atomic mass is 16.6. The Bertz CT molecular complexity index is 1060. The minimum atomic E-state index is -0.615. The van der Waals surface area contributed by atoms with Crippen molar-refractivity contribution < 1.29 is 90.3 Å². The third-order valence-electron chi connectivity index (χ3n) is 7.15. The summed E-state index contributed by atoms with van der Waals surface area (Å²) < 4.78 is 74.2. The van der Waals surface area contributed by atoms with Crippen LogP contribution < -0.4 is 5.32 Å². The highest BCUT2D eigenvalue weighted by Crippen LogP contribution is 2.04. The van der Waals surface area contributed by atoms with Gasteiger partial charge in [0.2, 0.25) is 5.91 Å². The Morgan fingerprint density at radius 1 is 0.448 bits per heavy atom. The molecule has 0 saturated heterocycles. The van der Waals surface area contributed by atoms with Crippen LogP contribution >= 0.6 is 0 Å². The number of carbonyl (C=O) groups is 5. The summed E-state index contributed by atoms with van der Waals surface area (Å²) in [6.45, 7) is 9.99. The van der Waals surface area contributed by atoms with Gasteiger partial charge in [-0.1, -0.05) is 0 Å². The topological polar surface area (TPSA) is 230 Å². The molecule has 1 rings (SSSR count). The summed E-state index contributed by atoms with van der Waals surface area (Å²) in [5, 5.41) is 2.67. The van der Waals surface area contributed by atoms with E-state index in [1.807, 2.05) is 0 Å². The van der Waals surface area contributed by atoms with E-state index in [4.69, 9.17) is 61.6 Å². The Morgan fingerprint density at radius 3 is 1.09 bits per heavy atom. The Morgan fingerprint density at radius 2 is 0.759 bits per heavy atom. The lowest BCUT2D eigenvalue weighted by Gasteiger charge is -2.13. The normalized spacial score (nSPS) is 12.5. The van der Waals surface area contributed by atoms with Crippen LogP contribution in [0.3, 0.4) is 0 Å². The zero-order valence-electron chi connectivity index (χ0n) is 33.9. The molecule has 1 aliphatic rings. The summed E-state index contributed by atoms with van der Waals surface area (Å²) in [6, 6.07) is 0. The minimum absolute atomic E-state index is 0.0416. The van der Waals surface area contributed by atoms with Crippen molar-refractivity contribution in [2.45, 2.75) is 12.8 Å². The van der Waals surface area contributed by atoms with Gasteiger partial charge in [0.25, 0.3) is 11.8 Å². The zero-order valence-corrected chi connectivity index (χ0v) is 33.9. The van der Waals surface area contributed by atoms with Crippen LogP contribution in [0.15, 0.2) is 12.2 Å². The van der Waals surface area contributed by atoms with Crippen molar-refractivity contribution in [3.8, 4) is 0 Å². The second kappa shape index (κ2) is 40.6. The average molecular weight is 841 g/mol. The predicted octanol–water partition coefficient (Wildman–Crippen LogP) is -1.28. The maximum atomic E-state index is 11.8. The quantitative estimate of drug-likeness (QED) is 0.0428. The van der Waals surface area contributed by atoms with Crippen LogP contribution in [0.4, 0.5) is 0 Å². The number of nitrogens with zero attached hydrogens (tertiary/aromatic N) is 1. The summed E-state index contributed by atoms with van der Waals surface area (Å²) >= 11 is 0. The molecule has 0 atom stereocenters. The predicted molar refractivity (Wildman–Crippen MR) is 201 cm³/mol. The fourth-order valence-corrected chi connectivity index (χ4v) is 4.16. The molecule has 21 nitrogen and oxygen atoms in total. The fourth-order valence-electron chi connectivity index (χ4n) is 4.16. The van der Waals surface area contributed by atoms with E-state index in [0.29, 0.717) is 159 Å².